The van der Waals surface area contributed by atoms with Crippen LogP contribution in [0.4, 0.5) is 0 Å². The molecule has 0 aliphatic heterocycles. The lowest BCUT2D eigenvalue weighted by Crippen LogP contribution is -2.05. The fraction of sp³-hybridized carbons (Fsp3) is 0.312. The van der Waals surface area contributed by atoms with Crippen LogP contribution in [0.15, 0.2) is 24.3 Å². The third-order valence-electron chi connectivity index (χ3n) is 3.02. The Labute approximate surface area is 117 Å². The van der Waals surface area contributed by atoms with Crippen molar-refractivity contribution in [1.82, 2.24) is 0 Å². The van der Waals surface area contributed by atoms with Crippen molar-refractivity contribution in [1.29, 1.82) is 0 Å². The lowest BCUT2D eigenvalue weighted by atomic mass is 10.0. The second kappa shape index (κ2) is 5.82. The number of fused-ring (bicyclic) bond motifs is 1. The third kappa shape index (κ3) is 2.54. The Morgan fingerprint density at radius 3 is 2.40 bits per heavy atom. The number of hydrogen-bond acceptors (Lipinski definition) is 3. The third-order valence-corrected chi connectivity index (χ3v) is 3.02. The predicted octanol–water partition coefficient (Wildman–Crippen LogP) is 3.64. The molecule has 0 heterocycles. The first-order valence-electron chi connectivity index (χ1n) is 6.64. The highest BCUT2D eigenvalue weighted by Gasteiger charge is 2.18. The van der Waals surface area contributed by atoms with Crippen molar-refractivity contribution < 1.29 is 19.4 Å². The number of aryl methyl sites for hydroxylation is 1. The van der Waals surface area contributed by atoms with Gasteiger partial charge >= 0.3 is 5.97 Å². The van der Waals surface area contributed by atoms with E-state index in [1.54, 1.807) is 6.07 Å². The molecule has 0 spiro atoms. The Hall–Kier alpha value is -2.23. The highest BCUT2D eigenvalue weighted by Crippen LogP contribution is 2.37. The first kappa shape index (κ1) is 14.2. The number of carboxylic acid groups (broad SMARTS) is 1. The summed E-state index contributed by atoms with van der Waals surface area (Å²) < 4.78 is 11.1. The Morgan fingerprint density at radius 1 is 1.10 bits per heavy atom. The smallest absolute Gasteiger partial charge is 0.339 e. The van der Waals surface area contributed by atoms with Crippen LogP contribution >= 0.6 is 0 Å². The minimum atomic E-state index is -1.02. The standard InChI is InChI=1S/C16H18O4/c1-4-19-14-9-13(16(17)18)15(20-5-2)11-7-6-10(3)8-12(11)14/h6-9H,4-5H2,1-3H3,(H,17,18). The predicted molar refractivity (Wildman–Crippen MR) is 78.0 cm³/mol. The van der Waals surface area contributed by atoms with Gasteiger partial charge in [-0.2, -0.15) is 0 Å². The summed E-state index contributed by atoms with van der Waals surface area (Å²) in [5, 5.41) is 11.0. The summed E-state index contributed by atoms with van der Waals surface area (Å²) in [7, 11) is 0. The zero-order valence-electron chi connectivity index (χ0n) is 11.9. The molecule has 2 aromatic rings. The summed E-state index contributed by atoms with van der Waals surface area (Å²) >= 11 is 0. The maximum Gasteiger partial charge on any atom is 0.339 e. The molecule has 2 aromatic carbocycles. The van der Waals surface area contributed by atoms with E-state index in [0.29, 0.717) is 24.7 Å². The normalized spacial score (nSPS) is 10.6. The van der Waals surface area contributed by atoms with E-state index < -0.39 is 5.97 Å². The largest absolute Gasteiger partial charge is 0.493 e. The van der Waals surface area contributed by atoms with Crippen LogP contribution in [-0.4, -0.2) is 24.3 Å². The molecule has 4 heteroatoms. The SMILES string of the molecule is CCOc1cc(C(=O)O)c(OCC)c2ccc(C)cc12. The van der Waals surface area contributed by atoms with Crippen molar-refractivity contribution in [3.63, 3.8) is 0 Å². The van der Waals surface area contributed by atoms with Crippen LogP contribution in [0.5, 0.6) is 11.5 Å². The molecular formula is C16H18O4. The number of aromatic carboxylic acids is 1. The monoisotopic (exact) mass is 274 g/mol. The lowest BCUT2D eigenvalue weighted by molar-refractivity contribution is 0.0692. The van der Waals surface area contributed by atoms with Gasteiger partial charge in [-0.3, -0.25) is 0 Å². The lowest BCUT2D eigenvalue weighted by Gasteiger charge is -2.15. The molecule has 0 radical (unpaired) electrons. The fourth-order valence-electron chi connectivity index (χ4n) is 2.21. The van der Waals surface area contributed by atoms with Gasteiger partial charge in [0.1, 0.15) is 17.1 Å². The number of carboxylic acids is 1. The van der Waals surface area contributed by atoms with E-state index in [9.17, 15) is 9.90 Å². The first-order valence-corrected chi connectivity index (χ1v) is 6.64. The van der Waals surface area contributed by atoms with Crippen molar-refractivity contribution in [2.45, 2.75) is 20.8 Å². The van der Waals surface area contributed by atoms with Gasteiger partial charge in [-0.1, -0.05) is 17.7 Å². The molecule has 106 valence electrons. The van der Waals surface area contributed by atoms with Gasteiger partial charge in [0.25, 0.3) is 0 Å². The molecule has 1 N–H and O–H groups in total. The zero-order chi connectivity index (χ0) is 14.7. The van der Waals surface area contributed by atoms with Gasteiger partial charge in [-0.25, -0.2) is 4.79 Å². The van der Waals surface area contributed by atoms with E-state index >= 15 is 0 Å². The van der Waals surface area contributed by atoms with Crippen LogP contribution in [0.2, 0.25) is 0 Å². The molecule has 0 aromatic heterocycles. The molecule has 0 bridgehead atoms. The minimum Gasteiger partial charge on any atom is -0.493 e. The highest BCUT2D eigenvalue weighted by molar-refractivity contribution is 6.03. The first-order chi connectivity index (χ1) is 9.58. The highest BCUT2D eigenvalue weighted by atomic mass is 16.5. The number of benzene rings is 2. The summed E-state index contributed by atoms with van der Waals surface area (Å²) in [4.78, 5) is 11.4. The summed E-state index contributed by atoms with van der Waals surface area (Å²) in [6.45, 7) is 6.59. The molecule has 0 amide bonds. The van der Waals surface area contributed by atoms with Crippen molar-refractivity contribution in [2.24, 2.45) is 0 Å². The van der Waals surface area contributed by atoms with Gasteiger partial charge in [0.2, 0.25) is 0 Å². The molecule has 2 rings (SSSR count). The summed E-state index contributed by atoms with van der Waals surface area (Å²) in [5.74, 6) is -0.0395. The van der Waals surface area contributed by atoms with E-state index in [-0.39, 0.29) is 5.56 Å². The number of rotatable bonds is 5. The second-order valence-electron chi connectivity index (χ2n) is 4.47. The summed E-state index contributed by atoms with van der Waals surface area (Å²) in [6.07, 6.45) is 0. The van der Waals surface area contributed by atoms with Gasteiger partial charge < -0.3 is 14.6 Å². The molecule has 0 saturated heterocycles. The molecule has 20 heavy (non-hydrogen) atoms. The van der Waals surface area contributed by atoms with Crippen LogP contribution in [0, 0.1) is 6.92 Å². The maximum atomic E-state index is 11.4. The maximum absolute atomic E-state index is 11.4. The van der Waals surface area contributed by atoms with Crippen LogP contribution in [0.1, 0.15) is 29.8 Å². The van der Waals surface area contributed by atoms with Crippen LogP contribution in [-0.2, 0) is 0 Å². The Kier molecular flexibility index (Phi) is 4.13. The van der Waals surface area contributed by atoms with Crippen molar-refractivity contribution in [3.05, 3.63) is 35.4 Å². The van der Waals surface area contributed by atoms with E-state index in [1.165, 1.54) is 0 Å². The van der Waals surface area contributed by atoms with Crippen LogP contribution in [0.25, 0.3) is 10.8 Å². The molecule has 0 fully saturated rings. The van der Waals surface area contributed by atoms with Crippen molar-refractivity contribution in [2.75, 3.05) is 13.2 Å². The van der Waals surface area contributed by atoms with Crippen molar-refractivity contribution in [3.8, 4) is 11.5 Å². The average Bonchev–Trinajstić information content (AvgIpc) is 2.41. The van der Waals surface area contributed by atoms with Gasteiger partial charge in [0, 0.05) is 10.8 Å². The van der Waals surface area contributed by atoms with E-state index in [4.69, 9.17) is 9.47 Å². The minimum absolute atomic E-state index is 0.131. The zero-order valence-corrected chi connectivity index (χ0v) is 11.9. The molecule has 0 aliphatic carbocycles. The van der Waals surface area contributed by atoms with Gasteiger partial charge in [0.15, 0.2) is 0 Å². The quantitative estimate of drug-likeness (QED) is 0.904. The summed E-state index contributed by atoms with van der Waals surface area (Å²) in [5.41, 5.74) is 1.22. The Balaban J connectivity index is 2.81. The van der Waals surface area contributed by atoms with Crippen LogP contribution in [0.3, 0.4) is 0 Å². The molecule has 0 atom stereocenters. The Morgan fingerprint density at radius 2 is 1.80 bits per heavy atom. The topological polar surface area (TPSA) is 55.8 Å². The molecule has 0 aliphatic rings. The van der Waals surface area contributed by atoms with Gasteiger partial charge in [-0.05, 0) is 32.9 Å². The molecular weight excluding hydrogens is 256 g/mol. The molecule has 4 nitrogen and oxygen atoms in total. The Bertz CT molecular complexity index is 646. The number of hydrogen-bond donors (Lipinski definition) is 1. The van der Waals surface area contributed by atoms with Crippen LogP contribution < -0.4 is 9.47 Å². The van der Waals surface area contributed by atoms with Crippen molar-refractivity contribution >= 4 is 16.7 Å². The number of carbonyl (C=O) groups is 1. The van der Waals surface area contributed by atoms with E-state index in [2.05, 4.69) is 0 Å². The average molecular weight is 274 g/mol. The second-order valence-corrected chi connectivity index (χ2v) is 4.47. The molecule has 0 saturated carbocycles. The van der Waals surface area contributed by atoms with E-state index in [1.807, 2.05) is 39.0 Å². The molecule has 0 unspecified atom stereocenters. The van der Waals surface area contributed by atoms with E-state index in [0.717, 1.165) is 16.3 Å². The number of ether oxygens (including phenoxy) is 2. The van der Waals surface area contributed by atoms with Gasteiger partial charge in [0.05, 0.1) is 13.2 Å². The van der Waals surface area contributed by atoms with Gasteiger partial charge in [-0.15, -0.1) is 0 Å². The fourth-order valence-corrected chi connectivity index (χ4v) is 2.21. The summed E-state index contributed by atoms with van der Waals surface area (Å²) in [6, 6.07) is 7.34.